The summed E-state index contributed by atoms with van der Waals surface area (Å²) in [4.78, 5) is 63.5. The number of alkyl carbamates (subject to hydrolysis) is 1. The molecular formula is C27H50N4O7. The zero-order valence-corrected chi connectivity index (χ0v) is 25.0. The number of amides is 4. The summed E-state index contributed by atoms with van der Waals surface area (Å²) >= 11 is 0. The number of nitrogens with one attached hydrogen (secondary N) is 4. The molecule has 0 saturated carbocycles. The zero-order chi connectivity index (χ0) is 29.8. The van der Waals surface area contributed by atoms with Crippen molar-refractivity contribution in [1.82, 2.24) is 21.3 Å². The van der Waals surface area contributed by atoms with Crippen LogP contribution in [-0.4, -0.2) is 66.7 Å². The Hall–Kier alpha value is -2.85. The molecule has 0 aliphatic carbocycles. The van der Waals surface area contributed by atoms with E-state index in [-0.39, 0.29) is 17.8 Å². The molecule has 0 bridgehead atoms. The van der Waals surface area contributed by atoms with E-state index >= 15 is 0 Å². The van der Waals surface area contributed by atoms with Gasteiger partial charge in [0.25, 0.3) is 0 Å². The van der Waals surface area contributed by atoms with E-state index in [1.165, 1.54) is 14.0 Å². The number of hydrogen-bond donors (Lipinski definition) is 4. The Morgan fingerprint density at radius 2 is 0.974 bits per heavy atom. The molecule has 0 spiro atoms. The monoisotopic (exact) mass is 542 g/mol. The number of rotatable bonds is 14. The fraction of sp³-hybridized carbons (Fsp3) is 0.815. The van der Waals surface area contributed by atoms with Crippen molar-refractivity contribution in [2.45, 2.75) is 118 Å². The van der Waals surface area contributed by atoms with E-state index in [4.69, 9.17) is 9.47 Å². The van der Waals surface area contributed by atoms with Gasteiger partial charge in [-0.15, -0.1) is 0 Å². The lowest BCUT2D eigenvalue weighted by molar-refractivity contribution is -0.146. The van der Waals surface area contributed by atoms with Gasteiger partial charge in [0.2, 0.25) is 17.7 Å². The van der Waals surface area contributed by atoms with Gasteiger partial charge in [0.1, 0.15) is 29.8 Å². The summed E-state index contributed by atoms with van der Waals surface area (Å²) in [7, 11) is 1.26. The third kappa shape index (κ3) is 14.8. The maximum Gasteiger partial charge on any atom is 0.408 e. The second-order valence-electron chi connectivity index (χ2n) is 12.0. The third-order valence-corrected chi connectivity index (χ3v) is 5.32. The van der Waals surface area contributed by atoms with Crippen LogP contribution in [0.4, 0.5) is 4.79 Å². The Kier molecular flexibility index (Phi) is 15.0. The summed E-state index contributed by atoms with van der Waals surface area (Å²) < 4.78 is 10.0. The first-order valence-electron chi connectivity index (χ1n) is 13.3. The molecule has 0 unspecified atom stereocenters. The van der Waals surface area contributed by atoms with Crippen LogP contribution in [0.1, 0.15) is 88.5 Å². The fourth-order valence-electron chi connectivity index (χ4n) is 3.62. The van der Waals surface area contributed by atoms with Crippen LogP contribution in [-0.2, 0) is 28.7 Å². The molecule has 0 aromatic rings. The van der Waals surface area contributed by atoms with E-state index in [2.05, 4.69) is 21.3 Å². The maximum absolute atomic E-state index is 13.3. The molecule has 0 rings (SSSR count). The van der Waals surface area contributed by atoms with Crippen molar-refractivity contribution in [1.29, 1.82) is 0 Å². The molecule has 0 radical (unpaired) electrons. The Labute approximate surface area is 227 Å². The van der Waals surface area contributed by atoms with Gasteiger partial charge in [-0.2, -0.15) is 0 Å². The Morgan fingerprint density at radius 3 is 1.34 bits per heavy atom. The van der Waals surface area contributed by atoms with Crippen molar-refractivity contribution in [3.05, 3.63) is 0 Å². The first-order chi connectivity index (χ1) is 17.4. The molecule has 0 aliphatic heterocycles. The van der Waals surface area contributed by atoms with Gasteiger partial charge in [0.05, 0.1) is 7.11 Å². The number of esters is 1. The largest absolute Gasteiger partial charge is 0.467 e. The van der Waals surface area contributed by atoms with Gasteiger partial charge in [-0.3, -0.25) is 14.4 Å². The molecule has 4 amide bonds. The zero-order valence-electron chi connectivity index (χ0n) is 25.0. The highest BCUT2D eigenvalue weighted by Crippen LogP contribution is 2.12. The molecule has 11 heteroatoms. The molecular weight excluding hydrogens is 492 g/mol. The number of carbonyl (C=O) groups is 5. The van der Waals surface area contributed by atoms with Crippen LogP contribution in [0.2, 0.25) is 0 Å². The van der Waals surface area contributed by atoms with Crippen LogP contribution in [0.25, 0.3) is 0 Å². The van der Waals surface area contributed by atoms with Crippen LogP contribution < -0.4 is 21.3 Å². The van der Waals surface area contributed by atoms with E-state index in [1.54, 1.807) is 20.8 Å². The minimum absolute atomic E-state index is 0.0484. The second kappa shape index (κ2) is 16.2. The van der Waals surface area contributed by atoms with Gasteiger partial charge in [0.15, 0.2) is 0 Å². The average molecular weight is 543 g/mol. The molecule has 0 aromatic heterocycles. The summed E-state index contributed by atoms with van der Waals surface area (Å²) in [6.07, 6.45) is 0.270. The summed E-state index contributed by atoms with van der Waals surface area (Å²) in [6.45, 7) is 18.1. The highest BCUT2D eigenvalue weighted by Gasteiger charge is 2.32. The predicted molar refractivity (Wildman–Crippen MR) is 145 cm³/mol. The normalized spacial score (nSPS) is 14.8. The van der Waals surface area contributed by atoms with Crippen LogP contribution >= 0.6 is 0 Å². The highest BCUT2D eigenvalue weighted by molar-refractivity contribution is 5.94. The Balaban J connectivity index is 5.60. The number of carbonyl (C=O) groups excluding carboxylic acids is 5. The number of hydrogen-bond acceptors (Lipinski definition) is 7. The van der Waals surface area contributed by atoms with Gasteiger partial charge in [-0.05, 0) is 64.7 Å². The average Bonchev–Trinajstić information content (AvgIpc) is 2.74. The molecule has 0 aliphatic rings. The van der Waals surface area contributed by atoms with Gasteiger partial charge in [-0.25, -0.2) is 9.59 Å². The molecule has 0 saturated heterocycles. The lowest BCUT2D eigenvalue weighted by Gasteiger charge is -2.27. The molecule has 0 fully saturated rings. The first kappa shape index (κ1) is 35.2. The smallest absolute Gasteiger partial charge is 0.408 e. The summed E-state index contributed by atoms with van der Waals surface area (Å²) in [5, 5.41) is 10.6. The minimum atomic E-state index is -0.959. The minimum Gasteiger partial charge on any atom is -0.467 e. The topological polar surface area (TPSA) is 152 Å². The van der Waals surface area contributed by atoms with Crippen molar-refractivity contribution in [3.8, 4) is 0 Å². The van der Waals surface area contributed by atoms with Crippen LogP contribution in [0.15, 0.2) is 0 Å². The van der Waals surface area contributed by atoms with Crippen LogP contribution in [0.3, 0.4) is 0 Å². The summed E-state index contributed by atoms with van der Waals surface area (Å²) in [6, 6.07) is -3.67. The molecule has 0 aromatic carbocycles. The predicted octanol–water partition coefficient (Wildman–Crippen LogP) is 2.67. The van der Waals surface area contributed by atoms with Crippen molar-refractivity contribution >= 4 is 29.8 Å². The van der Waals surface area contributed by atoms with Crippen LogP contribution in [0, 0.1) is 17.8 Å². The van der Waals surface area contributed by atoms with Gasteiger partial charge >= 0.3 is 12.1 Å². The standard InChI is InChI=1S/C27H50N4O7/c1-15(2)12-19(29-22(32)18(7)28-26(36)38-27(8,9)10)23(33)30-20(13-16(3)4)24(34)31-21(14-17(5)6)25(35)37-11/h15-21H,12-14H2,1-11H3,(H,28,36)(H,29,32)(H,30,33)(H,31,34)/t18-,19-,20-,21-/m0/s1. The molecule has 220 valence electrons. The first-order valence-corrected chi connectivity index (χ1v) is 13.3. The molecule has 4 atom stereocenters. The van der Waals surface area contributed by atoms with Crippen molar-refractivity contribution in [2.75, 3.05) is 7.11 Å². The van der Waals surface area contributed by atoms with Gasteiger partial charge in [-0.1, -0.05) is 41.5 Å². The van der Waals surface area contributed by atoms with Crippen LogP contribution in [0.5, 0.6) is 0 Å². The molecule has 38 heavy (non-hydrogen) atoms. The fourth-order valence-corrected chi connectivity index (χ4v) is 3.62. The molecule has 11 nitrogen and oxygen atoms in total. The highest BCUT2D eigenvalue weighted by atomic mass is 16.6. The van der Waals surface area contributed by atoms with E-state index in [1.807, 2.05) is 41.5 Å². The van der Waals surface area contributed by atoms with Crippen molar-refractivity contribution in [2.24, 2.45) is 17.8 Å². The van der Waals surface area contributed by atoms with Crippen molar-refractivity contribution in [3.63, 3.8) is 0 Å². The SMILES string of the molecule is COC(=O)[C@H](CC(C)C)NC(=O)[C@H](CC(C)C)NC(=O)[C@H](CC(C)C)NC(=O)[C@H](C)NC(=O)OC(C)(C)C. The number of methoxy groups -OCH3 is 1. The van der Waals surface area contributed by atoms with E-state index in [0.29, 0.717) is 19.3 Å². The lowest BCUT2D eigenvalue weighted by atomic mass is 9.99. The molecule has 4 N–H and O–H groups in total. The van der Waals surface area contributed by atoms with Crippen molar-refractivity contribution < 1.29 is 33.4 Å². The van der Waals surface area contributed by atoms with Gasteiger partial charge in [0, 0.05) is 0 Å². The number of ether oxygens (including phenoxy) is 2. The summed E-state index contributed by atoms with van der Waals surface area (Å²) in [5.74, 6) is -1.92. The van der Waals surface area contributed by atoms with E-state index in [0.717, 1.165) is 0 Å². The summed E-state index contributed by atoms with van der Waals surface area (Å²) in [5.41, 5.74) is -0.728. The maximum atomic E-state index is 13.3. The quantitative estimate of drug-likeness (QED) is 0.246. The van der Waals surface area contributed by atoms with E-state index < -0.39 is 59.6 Å². The van der Waals surface area contributed by atoms with Gasteiger partial charge < -0.3 is 30.7 Å². The Bertz CT molecular complexity index is 806. The molecule has 0 heterocycles. The van der Waals surface area contributed by atoms with E-state index in [9.17, 15) is 24.0 Å². The third-order valence-electron chi connectivity index (χ3n) is 5.32. The lowest BCUT2D eigenvalue weighted by Crippen LogP contribution is -2.58. The Morgan fingerprint density at radius 1 is 0.605 bits per heavy atom. The second-order valence-corrected chi connectivity index (χ2v) is 12.0.